The predicted octanol–water partition coefficient (Wildman–Crippen LogP) is 1.62. The Balaban J connectivity index is 1.62. The van der Waals surface area contributed by atoms with Crippen LogP contribution in [-0.2, 0) is 4.79 Å². The highest BCUT2D eigenvalue weighted by Gasteiger charge is 2.36. The first-order chi connectivity index (χ1) is 12.6. The first-order valence-corrected chi connectivity index (χ1v) is 10.2. The topological polar surface area (TPSA) is 73.0 Å². The summed E-state index contributed by atoms with van der Waals surface area (Å²) in [6.45, 7) is 5.22. The molecule has 3 rings (SSSR count). The van der Waals surface area contributed by atoms with Gasteiger partial charge in [0.2, 0.25) is 5.91 Å². The Bertz CT molecular complexity index is 641. The van der Waals surface area contributed by atoms with E-state index in [-0.39, 0.29) is 23.9 Å². The van der Waals surface area contributed by atoms with Crippen LogP contribution in [0.4, 0.5) is 4.79 Å². The third kappa shape index (κ3) is 4.00. The third-order valence-electron chi connectivity index (χ3n) is 4.99. The molecule has 8 heteroatoms. The molecule has 1 aromatic heterocycles. The molecular formula is C18H26N4O3S. The standard InChI is InChI=1S/C18H26N4O3S/c1-2-19-18(25)21-11-9-20(10-12-21)16(23)14-6-3-4-8-22(14)17(24)15-7-5-13-26-15/h5,7,13-14H,2-4,6,8-12H2,1H3,(H,19,25). The van der Waals surface area contributed by atoms with Gasteiger partial charge in [-0.15, -0.1) is 11.3 Å². The van der Waals surface area contributed by atoms with E-state index >= 15 is 0 Å². The number of likely N-dealkylation sites (tertiary alicyclic amines) is 1. The van der Waals surface area contributed by atoms with Crippen LogP contribution in [0.1, 0.15) is 35.9 Å². The zero-order chi connectivity index (χ0) is 18.5. The van der Waals surface area contributed by atoms with Crippen molar-refractivity contribution < 1.29 is 14.4 Å². The minimum Gasteiger partial charge on any atom is -0.338 e. The van der Waals surface area contributed by atoms with Crippen LogP contribution in [-0.4, -0.2) is 77.9 Å². The number of amides is 4. The lowest BCUT2D eigenvalue weighted by Crippen LogP contribution is -2.58. The van der Waals surface area contributed by atoms with Gasteiger partial charge in [0.05, 0.1) is 4.88 Å². The molecule has 2 saturated heterocycles. The van der Waals surface area contributed by atoms with E-state index in [0.29, 0.717) is 50.6 Å². The smallest absolute Gasteiger partial charge is 0.317 e. The number of piperazine rings is 1. The Morgan fingerprint density at radius 1 is 1.12 bits per heavy atom. The van der Waals surface area contributed by atoms with Crippen LogP contribution in [0.15, 0.2) is 17.5 Å². The number of piperidine rings is 1. The molecule has 4 amide bonds. The quantitative estimate of drug-likeness (QED) is 0.869. The summed E-state index contributed by atoms with van der Waals surface area (Å²) in [5, 5.41) is 4.68. The normalized spacial score (nSPS) is 20.8. The molecule has 1 aromatic rings. The van der Waals surface area contributed by atoms with Crippen molar-refractivity contribution in [2.45, 2.75) is 32.2 Å². The first kappa shape index (κ1) is 18.7. The summed E-state index contributed by atoms with van der Waals surface area (Å²) < 4.78 is 0. The van der Waals surface area contributed by atoms with Crippen molar-refractivity contribution >= 4 is 29.2 Å². The Labute approximate surface area is 157 Å². The molecule has 0 radical (unpaired) electrons. The van der Waals surface area contributed by atoms with Crippen molar-refractivity contribution in [2.24, 2.45) is 0 Å². The largest absolute Gasteiger partial charge is 0.338 e. The Morgan fingerprint density at radius 3 is 2.50 bits per heavy atom. The number of nitrogens with one attached hydrogen (secondary N) is 1. The summed E-state index contributed by atoms with van der Waals surface area (Å²) >= 11 is 1.41. The lowest BCUT2D eigenvalue weighted by atomic mass is 10.00. The SMILES string of the molecule is CCNC(=O)N1CCN(C(=O)C2CCCCN2C(=O)c2cccs2)CC1. The van der Waals surface area contributed by atoms with E-state index in [4.69, 9.17) is 0 Å². The van der Waals surface area contributed by atoms with Gasteiger partial charge in [0, 0.05) is 39.3 Å². The van der Waals surface area contributed by atoms with Gasteiger partial charge in [-0.3, -0.25) is 9.59 Å². The van der Waals surface area contributed by atoms with Gasteiger partial charge in [-0.05, 0) is 37.6 Å². The number of rotatable bonds is 3. The zero-order valence-corrected chi connectivity index (χ0v) is 16.0. The van der Waals surface area contributed by atoms with Crippen LogP contribution < -0.4 is 5.32 Å². The molecule has 2 aliphatic heterocycles. The Kier molecular flexibility index (Phi) is 6.13. The van der Waals surface area contributed by atoms with E-state index in [9.17, 15) is 14.4 Å². The fourth-order valence-electron chi connectivity index (χ4n) is 3.58. The summed E-state index contributed by atoms with van der Waals surface area (Å²) in [7, 11) is 0. The van der Waals surface area contributed by atoms with Gasteiger partial charge in [-0.1, -0.05) is 6.07 Å². The van der Waals surface area contributed by atoms with Crippen LogP contribution in [0.25, 0.3) is 0 Å². The number of hydrogen-bond donors (Lipinski definition) is 1. The van der Waals surface area contributed by atoms with Gasteiger partial charge >= 0.3 is 6.03 Å². The van der Waals surface area contributed by atoms with Gasteiger partial charge in [0.25, 0.3) is 5.91 Å². The van der Waals surface area contributed by atoms with Crippen LogP contribution in [0.5, 0.6) is 0 Å². The summed E-state index contributed by atoms with van der Waals surface area (Å²) in [5.74, 6) is -0.0239. The number of hydrogen-bond acceptors (Lipinski definition) is 4. The van der Waals surface area contributed by atoms with Crippen LogP contribution in [0.3, 0.4) is 0 Å². The number of carbonyl (C=O) groups is 3. The Morgan fingerprint density at radius 2 is 1.85 bits per heavy atom. The molecule has 1 atom stereocenters. The average molecular weight is 378 g/mol. The number of thiophene rings is 1. The molecule has 0 spiro atoms. The van der Waals surface area contributed by atoms with Crippen molar-refractivity contribution in [2.75, 3.05) is 39.3 Å². The molecule has 0 aliphatic carbocycles. The van der Waals surface area contributed by atoms with E-state index in [2.05, 4.69) is 5.32 Å². The molecule has 1 unspecified atom stereocenters. The van der Waals surface area contributed by atoms with Crippen molar-refractivity contribution in [1.82, 2.24) is 20.0 Å². The highest BCUT2D eigenvalue weighted by Crippen LogP contribution is 2.23. The second-order valence-electron chi connectivity index (χ2n) is 6.64. The fraction of sp³-hybridized carbons (Fsp3) is 0.611. The van der Waals surface area contributed by atoms with Crippen LogP contribution in [0, 0.1) is 0 Å². The lowest BCUT2D eigenvalue weighted by molar-refractivity contribution is -0.138. The second-order valence-corrected chi connectivity index (χ2v) is 7.58. The number of carbonyl (C=O) groups excluding carboxylic acids is 3. The van der Waals surface area contributed by atoms with E-state index in [0.717, 1.165) is 12.8 Å². The molecular weight excluding hydrogens is 352 g/mol. The predicted molar refractivity (Wildman–Crippen MR) is 100 cm³/mol. The molecule has 2 fully saturated rings. The Hall–Kier alpha value is -2.09. The molecule has 7 nitrogen and oxygen atoms in total. The van der Waals surface area contributed by atoms with Gasteiger partial charge in [0.15, 0.2) is 0 Å². The van der Waals surface area contributed by atoms with Crippen molar-refractivity contribution in [3.05, 3.63) is 22.4 Å². The molecule has 142 valence electrons. The molecule has 0 saturated carbocycles. The molecule has 3 heterocycles. The lowest BCUT2D eigenvalue weighted by Gasteiger charge is -2.40. The van der Waals surface area contributed by atoms with Gasteiger partial charge in [-0.25, -0.2) is 4.79 Å². The zero-order valence-electron chi connectivity index (χ0n) is 15.1. The molecule has 2 aliphatic rings. The van der Waals surface area contributed by atoms with E-state index in [1.165, 1.54) is 11.3 Å². The third-order valence-corrected chi connectivity index (χ3v) is 5.85. The van der Waals surface area contributed by atoms with Crippen LogP contribution >= 0.6 is 11.3 Å². The maximum absolute atomic E-state index is 13.1. The highest BCUT2D eigenvalue weighted by molar-refractivity contribution is 7.12. The van der Waals surface area contributed by atoms with E-state index in [1.54, 1.807) is 14.7 Å². The number of nitrogens with zero attached hydrogens (tertiary/aromatic N) is 3. The minimum atomic E-state index is -0.380. The highest BCUT2D eigenvalue weighted by atomic mass is 32.1. The summed E-state index contributed by atoms with van der Waals surface area (Å²) in [6.07, 6.45) is 2.61. The monoisotopic (exact) mass is 378 g/mol. The molecule has 0 aromatic carbocycles. The maximum Gasteiger partial charge on any atom is 0.317 e. The second kappa shape index (κ2) is 8.53. The van der Waals surface area contributed by atoms with Crippen molar-refractivity contribution in [3.8, 4) is 0 Å². The average Bonchev–Trinajstić information content (AvgIpc) is 3.22. The molecule has 0 bridgehead atoms. The van der Waals surface area contributed by atoms with Crippen molar-refractivity contribution in [3.63, 3.8) is 0 Å². The summed E-state index contributed by atoms with van der Waals surface area (Å²) in [5.41, 5.74) is 0. The fourth-order valence-corrected chi connectivity index (χ4v) is 4.26. The van der Waals surface area contributed by atoms with Gasteiger partial charge in [-0.2, -0.15) is 0 Å². The molecule has 1 N–H and O–H groups in total. The van der Waals surface area contributed by atoms with Gasteiger partial charge in [0.1, 0.15) is 6.04 Å². The molecule has 26 heavy (non-hydrogen) atoms. The number of urea groups is 1. The minimum absolute atomic E-state index is 0.0187. The van der Waals surface area contributed by atoms with Crippen molar-refractivity contribution in [1.29, 1.82) is 0 Å². The van der Waals surface area contributed by atoms with E-state index in [1.807, 2.05) is 24.4 Å². The maximum atomic E-state index is 13.1. The van der Waals surface area contributed by atoms with E-state index < -0.39 is 0 Å². The first-order valence-electron chi connectivity index (χ1n) is 9.28. The van der Waals surface area contributed by atoms with Crippen LogP contribution in [0.2, 0.25) is 0 Å². The van der Waals surface area contributed by atoms with Gasteiger partial charge < -0.3 is 20.0 Å². The summed E-state index contributed by atoms with van der Waals surface area (Å²) in [6, 6.07) is 3.22. The summed E-state index contributed by atoms with van der Waals surface area (Å²) in [4.78, 5) is 43.7.